The molecule has 650 valence electrons. The highest BCUT2D eigenvalue weighted by Gasteiger charge is 2.38. The SMILES string of the molecule is FC(F)(F)Oc1ccc(N(c2ccc(OC(F)(F)F)cc2)c2ccc3c(c2)c2cc(N(c4ccc(OC(F)(F)F)cc4)c4ccc(OC(F)(F)F)cc4)ccc2n3Cc2ccccc2Cn2c3ccc(N(c4ccc(OC(F)(F)F)cc4)c4ccc(OC(F)(F)F)cc4)cc3c3cc(N(c4ccc(OC(F)(F)F)cc4)c4ccc(OC(F)(F)F)cc4)ccc32)cc1. The maximum Gasteiger partial charge on any atom is 0.573 e. The largest absolute Gasteiger partial charge is 0.573 e. The Labute approximate surface area is 693 Å². The van der Waals surface area contributed by atoms with Gasteiger partial charge in [-0.25, -0.2) is 0 Å². The molecule has 2 aromatic heterocycles. The molecule has 0 fully saturated rings. The molecule has 14 nitrogen and oxygen atoms in total. The third kappa shape index (κ3) is 20.8. The van der Waals surface area contributed by atoms with Crippen molar-refractivity contribution in [1.29, 1.82) is 0 Å². The lowest BCUT2D eigenvalue weighted by Gasteiger charge is -2.26. The fraction of sp³-hybridized carbons (Fsp3) is 0.114. The molecule has 0 amide bonds. The normalized spacial score (nSPS) is 12.5. The van der Waals surface area contributed by atoms with E-state index in [0.717, 1.165) is 97.1 Å². The van der Waals surface area contributed by atoms with Crippen molar-refractivity contribution < 1.29 is 143 Å². The summed E-state index contributed by atoms with van der Waals surface area (Å²) in [5.74, 6) is -5.26. The number of hydrogen-bond acceptors (Lipinski definition) is 12. The van der Waals surface area contributed by atoms with Crippen molar-refractivity contribution in [3.05, 3.63) is 302 Å². The van der Waals surface area contributed by atoms with Gasteiger partial charge in [0, 0.05) is 125 Å². The Balaban J connectivity index is 0.916. The first-order chi connectivity index (χ1) is 59.3. The quantitative estimate of drug-likeness (QED) is 0.0539. The van der Waals surface area contributed by atoms with Crippen LogP contribution in [0.4, 0.5) is 174 Å². The topological polar surface area (TPSA) is 96.7 Å². The summed E-state index contributed by atoms with van der Waals surface area (Å²) in [6.07, 6.45) is -41.2. The maximum atomic E-state index is 13.6. The molecule has 0 aliphatic rings. The van der Waals surface area contributed by atoms with Crippen LogP contribution < -0.4 is 57.5 Å². The monoisotopic (exact) mass is 1780 g/mol. The zero-order valence-corrected chi connectivity index (χ0v) is 63.1. The van der Waals surface area contributed by atoms with E-state index < -0.39 is 96.9 Å². The van der Waals surface area contributed by atoms with Gasteiger partial charge in [-0.2, -0.15) is 0 Å². The highest BCUT2D eigenvalue weighted by atomic mass is 19.5. The molecule has 0 spiro atoms. The minimum Gasteiger partial charge on any atom is -0.406 e. The number of alkyl halides is 24. The number of aromatic nitrogens is 2. The number of rotatable bonds is 24. The summed E-state index contributed by atoms with van der Waals surface area (Å²) in [7, 11) is 0. The number of fused-ring (bicyclic) bond motifs is 6. The average Bonchev–Trinajstić information content (AvgIpc) is 1.59. The number of nitrogens with zero attached hydrogens (tertiary/aromatic N) is 6. The van der Waals surface area contributed by atoms with E-state index in [0.29, 0.717) is 54.7 Å². The summed E-state index contributed by atoms with van der Waals surface area (Å²) < 4.78 is 364. The van der Waals surface area contributed by atoms with Gasteiger partial charge in [-0.1, -0.05) is 24.3 Å². The summed E-state index contributed by atoms with van der Waals surface area (Å²) in [6, 6.07) is 61.8. The van der Waals surface area contributed by atoms with Crippen LogP contribution in [0.5, 0.6) is 46.0 Å². The minimum atomic E-state index is -5.15. The van der Waals surface area contributed by atoms with Gasteiger partial charge in [0.25, 0.3) is 0 Å². The fourth-order valence-electron chi connectivity index (χ4n) is 14.4. The van der Waals surface area contributed by atoms with Crippen LogP contribution in [0.25, 0.3) is 43.6 Å². The Bertz CT molecular complexity index is 5410. The molecule has 0 unspecified atom stereocenters. The molecular weight excluding hydrogens is 1720 g/mol. The molecule has 0 bridgehead atoms. The van der Waals surface area contributed by atoms with Crippen molar-refractivity contribution in [2.45, 2.75) is 64.0 Å². The smallest absolute Gasteiger partial charge is 0.406 e. The van der Waals surface area contributed by atoms with Crippen molar-refractivity contribution in [3.63, 3.8) is 0 Å². The van der Waals surface area contributed by atoms with E-state index in [1.165, 1.54) is 117 Å². The van der Waals surface area contributed by atoms with Crippen LogP contribution in [-0.4, -0.2) is 60.0 Å². The molecular formula is C88H52F24N6O8. The maximum absolute atomic E-state index is 13.6. The van der Waals surface area contributed by atoms with Crippen LogP contribution in [-0.2, 0) is 13.1 Å². The summed E-state index contributed by atoms with van der Waals surface area (Å²) in [6.45, 7) is -0.140. The van der Waals surface area contributed by atoms with Crippen LogP contribution in [0.1, 0.15) is 11.1 Å². The van der Waals surface area contributed by atoms with Gasteiger partial charge in [-0.3, -0.25) is 0 Å². The Morgan fingerprint density at radius 1 is 0.175 bits per heavy atom. The third-order valence-electron chi connectivity index (χ3n) is 19.1. The minimum absolute atomic E-state index is 0.0699. The molecule has 0 aliphatic heterocycles. The zero-order chi connectivity index (χ0) is 89.8. The van der Waals surface area contributed by atoms with Gasteiger partial charge in [0.1, 0.15) is 46.0 Å². The first kappa shape index (κ1) is 86.3. The zero-order valence-electron chi connectivity index (χ0n) is 63.1. The Hall–Kier alpha value is -14.6. The Kier molecular flexibility index (Phi) is 22.8. The second-order valence-electron chi connectivity index (χ2n) is 27.4. The summed E-state index contributed by atoms with van der Waals surface area (Å²) in [5, 5.41) is 1.42. The fourth-order valence-corrected chi connectivity index (χ4v) is 14.4. The lowest BCUT2D eigenvalue weighted by molar-refractivity contribution is -0.275. The highest BCUT2D eigenvalue weighted by Crippen LogP contribution is 2.49. The van der Waals surface area contributed by atoms with Crippen molar-refractivity contribution in [2.24, 2.45) is 0 Å². The van der Waals surface area contributed by atoms with Gasteiger partial charge >= 0.3 is 50.9 Å². The van der Waals surface area contributed by atoms with Gasteiger partial charge in [0.2, 0.25) is 0 Å². The van der Waals surface area contributed by atoms with Crippen molar-refractivity contribution in [2.75, 3.05) is 19.6 Å². The van der Waals surface area contributed by atoms with Gasteiger partial charge < -0.3 is 66.6 Å². The molecule has 15 rings (SSSR count). The summed E-state index contributed by atoms with van der Waals surface area (Å²) in [4.78, 5) is 5.87. The van der Waals surface area contributed by atoms with E-state index in [9.17, 15) is 105 Å². The van der Waals surface area contributed by atoms with Crippen LogP contribution in [0.3, 0.4) is 0 Å². The third-order valence-corrected chi connectivity index (χ3v) is 19.1. The van der Waals surface area contributed by atoms with Crippen molar-refractivity contribution in [3.8, 4) is 46.0 Å². The molecule has 15 aromatic rings. The van der Waals surface area contributed by atoms with Crippen LogP contribution in [0, 0.1) is 0 Å². The van der Waals surface area contributed by atoms with Crippen LogP contribution in [0.15, 0.2) is 291 Å². The second-order valence-corrected chi connectivity index (χ2v) is 27.4. The molecule has 0 saturated carbocycles. The van der Waals surface area contributed by atoms with Gasteiger partial charge in [0.05, 0.1) is 0 Å². The van der Waals surface area contributed by atoms with Crippen molar-refractivity contribution in [1.82, 2.24) is 9.13 Å². The Morgan fingerprint density at radius 2 is 0.310 bits per heavy atom. The lowest BCUT2D eigenvalue weighted by Crippen LogP contribution is -2.17. The molecule has 126 heavy (non-hydrogen) atoms. The number of hydrogen-bond donors (Lipinski definition) is 0. The van der Waals surface area contributed by atoms with Gasteiger partial charge in [-0.05, 0) is 278 Å². The molecule has 0 aliphatic carbocycles. The predicted octanol–water partition coefficient (Wildman–Crippen LogP) is 29.1. The first-order valence-electron chi connectivity index (χ1n) is 36.6. The number of benzene rings is 13. The molecule has 0 radical (unpaired) electrons. The highest BCUT2D eigenvalue weighted by molar-refractivity contribution is 6.13. The summed E-state index contributed by atoms with van der Waals surface area (Å²) >= 11 is 0. The predicted molar refractivity (Wildman–Crippen MR) is 416 cm³/mol. The molecule has 0 saturated heterocycles. The molecule has 2 heterocycles. The van der Waals surface area contributed by atoms with Gasteiger partial charge in [-0.15, -0.1) is 105 Å². The average molecular weight is 1780 g/mol. The van der Waals surface area contributed by atoms with Crippen LogP contribution >= 0.6 is 0 Å². The van der Waals surface area contributed by atoms with E-state index in [4.69, 9.17) is 0 Å². The first-order valence-corrected chi connectivity index (χ1v) is 36.6. The number of anilines is 12. The van der Waals surface area contributed by atoms with E-state index in [1.807, 2.05) is 9.13 Å². The van der Waals surface area contributed by atoms with E-state index >= 15 is 0 Å². The van der Waals surface area contributed by atoms with Crippen LogP contribution in [0.2, 0.25) is 0 Å². The number of ether oxygens (including phenoxy) is 8. The summed E-state index contributed by atoms with van der Waals surface area (Å²) in [5.41, 5.74) is 4.53. The van der Waals surface area contributed by atoms with Crippen molar-refractivity contribution >= 4 is 112 Å². The number of halogens is 24. The lowest BCUT2D eigenvalue weighted by atomic mass is 10.1. The molecule has 13 aromatic carbocycles. The molecule has 0 atom stereocenters. The van der Waals surface area contributed by atoms with E-state index in [2.05, 4.69) is 37.9 Å². The second kappa shape index (κ2) is 33.2. The standard InChI is InChI=1S/C88H52F24N6O8/c89-81(90,91)119-65-25-5-53(6-26-65)115(54-7-27-66(28-8-54)120-82(92,93)94)61-21-41-77-73(45-61)74-46-62(116(55-9-29-67(30-10-55)121-83(95,96)97)56-11-31-68(32-12-56)122-84(98,99)100)22-42-78(74)113(77)49-51-3-1-2-4-52(51)50-114-79-43-23-63(117(57-13-33-69(34-14-57)123-85(101,102)103)58-15-35-70(36-16-58)124-86(104,105)106)47-75(79)76-48-64(24-44-80(76)114)118(59-17-37-71(38-18-59)125-87(107,108)109)60-19-39-72(40-20-60)126-88(110,111)112/h1-48H,49-50H2. The molecule has 0 N–H and O–H groups in total. The molecule has 38 heteroatoms. The Morgan fingerprint density at radius 3 is 0.444 bits per heavy atom. The van der Waals surface area contributed by atoms with Gasteiger partial charge in [0.15, 0.2) is 0 Å². The van der Waals surface area contributed by atoms with E-state index in [-0.39, 0.29) is 81.3 Å². The van der Waals surface area contributed by atoms with E-state index in [1.54, 1.807) is 97.1 Å².